The van der Waals surface area contributed by atoms with Crippen molar-refractivity contribution in [1.82, 2.24) is 4.48 Å². The highest BCUT2D eigenvalue weighted by atomic mass is 16.4. The van der Waals surface area contributed by atoms with E-state index in [1.807, 2.05) is 12.1 Å². The summed E-state index contributed by atoms with van der Waals surface area (Å²) in [4.78, 5) is 10.8. The van der Waals surface area contributed by atoms with Crippen molar-refractivity contribution in [1.29, 1.82) is 0 Å². The Kier molecular flexibility index (Phi) is 4.70. The Morgan fingerprint density at radius 3 is 2.24 bits per heavy atom. The van der Waals surface area contributed by atoms with Gasteiger partial charge in [-0.15, -0.1) is 0 Å². The van der Waals surface area contributed by atoms with Crippen LogP contribution in [-0.2, 0) is 0 Å². The molecule has 0 aliphatic heterocycles. The van der Waals surface area contributed by atoms with Gasteiger partial charge in [-0.1, -0.05) is 13.3 Å². The summed E-state index contributed by atoms with van der Waals surface area (Å²) in [5.74, 6) is -0.868. The summed E-state index contributed by atoms with van der Waals surface area (Å²) in [5.41, 5.74) is 1.51. The minimum Gasteiger partial charge on any atom is -0.478 e. The fourth-order valence-corrected chi connectivity index (χ4v) is 1.89. The van der Waals surface area contributed by atoms with Crippen LogP contribution < -0.4 is 4.48 Å². The molecule has 0 radical (unpaired) electrons. The fourth-order valence-electron chi connectivity index (χ4n) is 1.89. The van der Waals surface area contributed by atoms with Crippen molar-refractivity contribution in [3.8, 4) is 0 Å². The second-order valence-electron chi connectivity index (χ2n) is 4.97. The normalized spacial score (nSPS) is 11.5. The summed E-state index contributed by atoms with van der Waals surface area (Å²) in [7, 11) is 4.32. The zero-order valence-electron chi connectivity index (χ0n) is 10.9. The number of nitrogens with zero attached hydrogens (tertiary/aromatic N) is 1. The third kappa shape index (κ3) is 3.86. The smallest absolute Gasteiger partial charge is 0.335 e. The molecule has 3 heteroatoms. The maximum atomic E-state index is 10.8. The van der Waals surface area contributed by atoms with Crippen LogP contribution >= 0.6 is 0 Å². The summed E-state index contributed by atoms with van der Waals surface area (Å²) in [6.07, 6.45) is 3.66. The number of rotatable bonds is 6. The largest absolute Gasteiger partial charge is 0.478 e. The monoisotopic (exact) mass is 236 g/mol. The second kappa shape index (κ2) is 5.82. The maximum absolute atomic E-state index is 10.8. The Bertz CT molecular complexity index is 368. The molecule has 94 valence electrons. The van der Waals surface area contributed by atoms with Crippen molar-refractivity contribution in [2.45, 2.75) is 26.2 Å². The summed E-state index contributed by atoms with van der Waals surface area (Å²) < 4.78 is 0.805. The lowest BCUT2D eigenvalue weighted by molar-refractivity contribution is 0.0697. The van der Waals surface area contributed by atoms with Gasteiger partial charge in [0, 0.05) is 0 Å². The second-order valence-corrected chi connectivity index (χ2v) is 4.97. The van der Waals surface area contributed by atoms with E-state index in [-0.39, 0.29) is 0 Å². The lowest BCUT2D eigenvalue weighted by Crippen LogP contribution is -2.41. The van der Waals surface area contributed by atoms with E-state index >= 15 is 0 Å². The minimum absolute atomic E-state index is 0.349. The maximum Gasteiger partial charge on any atom is 0.335 e. The molecule has 0 aliphatic carbocycles. The van der Waals surface area contributed by atoms with Gasteiger partial charge >= 0.3 is 5.97 Å². The van der Waals surface area contributed by atoms with Crippen LogP contribution in [-0.4, -0.2) is 31.7 Å². The van der Waals surface area contributed by atoms with Crippen LogP contribution in [0.1, 0.15) is 36.5 Å². The SMILES string of the molecule is CCCCC[N+](C)(C)c1ccc(C(=O)O)cc1. The fraction of sp³-hybridized carbons (Fsp3) is 0.500. The summed E-state index contributed by atoms with van der Waals surface area (Å²) in [5, 5.41) is 8.85. The van der Waals surface area contributed by atoms with Crippen LogP contribution in [0.5, 0.6) is 0 Å². The van der Waals surface area contributed by atoms with Crippen molar-refractivity contribution < 1.29 is 9.90 Å². The molecule has 0 heterocycles. The lowest BCUT2D eigenvalue weighted by atomic mass is 10.1. The number of hydrogen-bond acceptors (Lipinski definition) is 1. The predicted octanol–water partition coefficient (Wildman–Crippen LogP) is 3.14. The number of benzene rings is 1. The van der Waals surface area contributed by atoms with Gasteiger partial charge in [0.2, 0.25) is 0 Å². The van der Waals surface area contributed by atoms with Crippen LogP contribution in [0.25, 0.3) is 0 Å². The van der Waals surface area contributed by atoms with Gasteiger partial charge in [-0.2, -0.15) is 0 Å². The average Bonchev–Trinajstić information content (AvgIpc) is 2.29. The van der Waals surface area contributed by atoms with Crippen molar-refractivity contribution in [3.05, 3.63) is 29.8 Å². The molecule has 1 aromatic rings. The van der Waals surface area contributed by atoms with Gasteiger partial charge in [0.05, 0.1) is 26.2 Å². The third-order valence-corrected chi connectivity index (χ3v) is 3.13. The van der Waals surface area contributed by atoms with Crippen LogP contribution in [0.15, 0.2) is 24.3 Å². The molecule has 17 heavy (non-hydrogen) atoms. The van der Waals surface area contributed by atoms with Gasteiger partial charge in [-0.25, -0.2) is 4.79 Å². The molecule has 0 saturated heterocycles. The molecule has 1 rings (SSSR count). The molecule has 3 nitrogen and oxygen atoms in total. The molecule has 0 saturated carbocycles. The highest BCUT2D eigenvalue weighted by Crippen LogP contribution is 2.20. The van der Waals surface area contributed by atoms with Gasteiger partial charge in [-0.05, 0) is 37.1 Å². The Balaban J connectivity index is 2.73. The van der Waals surface area contributed by atoms with Gasteiger partial charge in [0.25, 0.3) is 0 Å². The molecular formula is C14H22NO2+. The van der Waals surface area contributed by atoms with Crippen molar-refractivity contribution in [2.75, 3.05) is 20.6 Å². The molecule has 0 fully saturated rings. The molecule has 1 N–H and O–H groups in total. The van der Waals surface area contributed by atoms with E-state index in [9.17, 15) is 4.79 Å². The Labute approximate surface area is 103 Å². The molecule has 0 unspecified atom stereocenters. The van der Waals surface area contributed by atoms with E-state index in [1.54, 1.807) is 12.1 Å². The molecule has 0 spiro atoms. The lowest BCUT2D eigenvalue weighted by Gasteiger charge is -2.29. The van der Waals surface area contributed by atoms with Gasteiger partial charge in [0.1, 0.15) is 5.69 Å². The third-order valence-electron chi connectivity index (χ3n) is 3.13. The first kappa shape index (κ1) is 13.7. The predicted molar refractivity (Wildman–Crippen MR) is 71.4 cm³/mol. The summed E-state index contributed by atoms with van der Waals surface area (Å²) in [6, 6.07) is 7.18. The summed E-state index contributed by atoms with van der Waals surface area (Å²) in [6.45, 7) is 3.28. The van der Waals surface area contributed by atoms with Crippen molar-refractivity contribution >= 4 is 11.7 Å². The molecule has 0 atom stereocenters. The first-order valence-corrected chi connectivity index (χ1v) is 6.14. The van der Waals surface area contributed by atoms with E-state index in [0.717, 1.165) is 16.7 Å². The number of carboxylic acid groups (broad SMARTS) is 1. The number of quaternary nitrogens is 1. The number of hydrogen-bond donors (Lipinski definition) is 1. The first-order chi connectivity index (χ1) is 7.97. The Hall–Kier alpha value is -1.35. The molecular weight excluding hydrogens is 214 g/mol. The zero-order valence-corrected chi connectivity index (χ0v) is 10.9. The van der Waals surface area contributed by atoms with Crippen LogP contribution in [0.2, 0.25) is 0 Å². The topological polar surface area (TPSA) is 37.3 Å². The van der Waals surface area contributed by atoms with Gasteiger partial charge in [0.15, 0.2) is 0 Å². The molecule has 0 amide bonds. The Morgan fingerprint density at radius 1 is 1.18 bits per heavy atom. The van der Waals surface area contributed by atoms with E-state index in [0.29, 0.717) is 5.56 Å². The van der Waals surface area contributed by atoms with Gasteiger partial charge < -0.3 is 5.11 Å². The van der Waals surface area contributed by atoms with E-state index in [2.05, 4.69) is 21.0 Å². The number of unbranched alkanes of at least 4 members (excludes halogenated alkanes) is 2. The van der Waals surface area contributed by atoms with E-state index < -0.39 is 5.97 Å². The van der Waals surface area contributed by atoms with Crippen LogP contribution in [0, 0.1) is 0 Å². The first-order valence-electron chi connectivity index (χ1n) is 6.14. The van der Waals surface area contributed by atoms with Crippen molar-refractivity contribution in [2.24, 2.45) is 0 Å². The van der Waals surface area contributed by atoms with Crippen LogP contribution in [0.3, 0.4) is 0 Å². The highest BCUT2D eigenvalue weighted by molar-refractivity contribution is 5.87. The minimum atomic E-state index is -0.868. The standard InChI is InChI=1S/C14H21NO2/c1-4-5-6-11-15(2,3)13-9-7-12(8-10-13)14(16)17/h7-10H,4-6,11H2,1-3H3/p+1. The number of carbonyl (C=O) groups is 1. The summed E-state index contributed by atoms with van der Waals surface area (Å²) >= 11 is 0. The molecule has 1 aromatic carbocycles. The van der Waals surface area contributed by atoms with E-state index in [1.165, 1.54) is 19.3 Å². The highest BCUT2D eigenvalue weighted by Gasteiger charge is 2.18. The molecule has 0 aromatic heterocycles. The average molecular weight is 236 g/mol. The number of carboxylic acids is 1. The number of aromatic carboxylic acids is 1. The quantitative estimate of drug-likeness (QED) is 0.608. The van der Waals surface area contributed by atoms with Crippen LogP contribution in [0.4, 0.5) is 5.69 Å². The Morgan fingerprint density at radius 2 is 1.76 bits per heavy atom. The van der Waals surface area contributed by atoms with Gasteiger partial charge in [-0.3, -0.25) is 4.48 Å². The zero-order chi connectivity index (χ0) is 12.9. The van der Waals surface area contributed by atoms with Crippen molar-refractivity contribution in [3.63, 3.8) is 0 Å². The molecule has 0 aliphatic rings. The molecule has 0 bridgehead atoms. The van der Waals surface area contributed by atoms with E-state index in [4.69, 9.17) is 5.11 Å².